The molecule has 1 atom stereocenters. The van der Waals surface area contributed by atoms with E-state index in [2.05, 4.69) is 10.1 Å². The van der Waals surface area contributed by atoms with Crippen LogP contribution in [0.25, 0.3) is 16.6 Å². The summed E-state index contributed by atoms with van der Waals surface area (Å²) in [5.41, 5.74) is 2.79. The third kappa shape index (κ3) is 2.89. The number of anilines is 1. The average molecular weight is 407 g/mol. The van der Waals surface area contributed by atoms with Crippen molar-refractivity contribution in [1.29, 1.82) is 0 Å². The summed E-state index contributed by atoms with van der Waals surface area (Å²) in [6.07, 6.45) is 3.47. The van der Waals surface area contributed by atoms with Crippen molar-refractivity contribution in [2.24, 2.45) is 7.05 Å². The third-order valence-corrected chi connectivity index (χ3v) is 5.93. The Morgan fingerprint density at radius 2 is 1.97 bits per heavy atom. The molecular formula is C21H22FN7O. The summed E-state index contributed by atoms with van der Waals surface area (Å²) in [4.78, 5) is 20.2. The molecule has 1 aliphatic heterocycles. The van der Waals surface area contributed by atoms with Gasteiger partial charge in [0, 0.05) is 44.6 Å². The highest BCUT2D eigenvalue weighted by Crippen LogP contribution is 2.30. The Balaban J connectivity index is 1.54. The standard InChI is InChI=1S/C21H22FN7O/c1-13(15-8-14-10-24-27(3)17(14)9-16(15)22)18-11-23-19-4-5-20(25-29(18)19)28-7-6-26(2)21(30)12-28/h4-5,8-11,13H,6-7,12H2,1-3H3/t13-/m0/s1. The fourth-order valence-corrected chi connectivity index (χ4v) is 3.98. The lowest BCUT2D eigenvalue weighted by molar-refractivity contribution is -0.129. The Hall–Kier alpha value is -3.49. The van der Waals surface area contributed by atoms with Crippen LogP contribution in [0.5, 0.6) is 0 Å². The Morgan fingerprint density at radius 3 is 2.77 bits per heavy atom. The van der Waals surface area contributed by atoms with Crippen LogP contribution in [0, 0.1) is 5.82 Å². The van der Waals surface area contributed by atoms with Crippen molar-refractivity contribution >= 4 is 28.3 Å². The number of piperazine rings is 1. The van der Waals surface area contributed by atoms with Crippen molar-refractivity contribution < 1.29 is 9.18 Å². The molecule has 0 bridgehead atoms. The normalized spacial score (nSPS) is 16.1. The summed E-state index contributed by atoms with van der Waals surface area (Å²) < 4.78 is 18.3. The SMILES string of the molecule is C[C@@H](c1cc2cnn(C)c2cc1F)c1cnc2ccc(N3CCN(C)C(=O)C3)nn12. The van der Waals surface area contributed by atoms with Gasteiger partial charge in [0.15, 0.2) is 5.65 Å². The maximum atomic E-state index is 14.9. The summed E-state index contributed by atoms with van der Waals surface area (Å²) in [7, 11) is 3.60. The van der Waals surface area contributed by atoms with E-state index >= 15 is 0 Å². The number of hydrogen-bond acceptors (Lipinski definition) is 5. The number of carbonyl (C=O) groups is 1. The van der Waals surface area contributed by atoms with Gasteiger partial charge in [-0.3, -0.25) is 9.48 Å². The minimum atomic E-state index is -0.283. The topological polar surface area (TPSA) is 71.6 Å². The first-order valence-corrected chi connectivity index (χ1v) is 9.87. The number of fused-ring (bicyclic) bond motifs is 2. The molecule has 0 spiro atoms. The van der Waals surface area contributed by atoms with Crippen molar-refractivity contribution in [3.8, 4) is 0 Å². The van der Waals surface area contributed by atoms with Crippen molar-refractivity contribution in [1.82, 2.24) is 29.3 Å². The molecule has 1 aromatic carbocycles. The average Bonchev–Trinajstić information content (AvgIpc) is 3.32. The van der Waals surface area contributed by atoms with Crippen LogP contribution in [0.1, 0.15) is 24.1 Å². The van der Waals surface area contributed by atoms with Crippen LogP contribution in [0.15, 0.2) is 36.7 Å². The molecule has 5 rings (SSSR count). The molecule has 4 aromatic rings. The number of aromatic nitrogens is 5. The summed E-state index contributed by atoms with van der Waals surface area (Å²) in [6, 6.07) is 7.11. The predicted molar refractivity (Wildman–Crippen MR) is 111 cm³/mol. The maximum absolute atomic E-state index is 14.9. The van der Waals surface area contributed by atoms with Crippen LogP contribution in [0.2, 0.25) is 0 Å². The molecule has 9 heteroatoms. The van der Waals surface area contributed by atoms with Crippen LogP contribution >= 0.6 is 0 Å². The first kappa shape index (κ1) is 18.5. The first-order valence-electron chi connectivity index (χ1n) is 9.87. The van der Waals surface area contributed by atoms with E-state index in [1.165, 1.54) is 6.07 Å². The van der Waals surface area contributed by atoms with E-state index in [1.54, 1.807) is 40.6 Å². The highest BCUT2D eigenvalue weighted by molar-refractivity contribution is 5.82. The highest BCUT2D eigenvalue weighted by atomic mass is 19.1. The van der Waals surface area contributed by atoms with Gasteiger partial charge in [0.25, 0.3) is 0 Å². The zero-order valence-corrected chi connectivity index (χ0v) is 17.1. The number of likely N-dealkylation sites (N-methyl/N-ethyl adjacent to an activating group) is 1. The second-order valence-corrected chi connectivity index (χ2v) is 7.80. The molecular weight excluding hydrogens is 385 g/mol. The number of nitrogens with zero attached hydrogens (tertiary/aromatic N) is 7. The molecule has 8 nitrogen and oxygen atoms in total. The number of imidazole rings is 1. The van der Waals surface area contributed by atoms with Crippen molar-refractivity contribution in [2.45, 2.75) is 12.8 Å². The van der Waals surface area contributed by atoms with Gasteiger partial charge in [0.1, 0.15) is 11.6 Å². The lowest BCUT2D eigenvalue weighted by atomic mass is 9.96. The number of carbonyl (C=O) groups excluding carboxylic acids is 1. The van der Waals surface area contributed by atoms with Crippen LogP contribution in [-0.2, 0) is 11.8 Å². The third-order valence-electron chi connectivity index (χ3n) is 5.93. The Kier molecular flexibility index (Phi) is 4.19. The van der Waals surface area contributed by atoms with Crippen molar-refractivity contribution in [3.63, 3.8) is 0 Å². The molecule has 0 aliphatic carbocycles. The van der Waals surface area contributed by atoms with E-state index in [1.807, 2.05) is 30.0 Å². The van der Waals surface area contributed by atoms with Crippen LogP contribution in [-0.4, -0.2) is 61.9 Å². The fourth-order valence-electron chi connectivity index (χ4n) is 3.98. The van der Waals surface area contributed by atoms with Crippen LogP contribution in [0.4, 0.5) is 10.2 Å². The van der Waals surface area contributed by atoms with Gasteiger partial charge in [0.2, 0.25) is 5.91 Å². The second-order valence-electron chi connectivity index (χ2n) is 7.80. The number of aryl methyl sites for hydroxylation is 1. The molecule has 3 aromatic heterocycles. The largest absolute Gasteiger partial charge is 0.344 e. The molecule has 0 saturated carbocycles. The zero-order valence-electron chi connectivity index (χ0n) is 17.1. The summed E-state index contributed by atoms with van der Waals surface area (Å²) in [5.74, 6) is 0.226. The molecule has 0 unspecified atom stereocenters. The predicted octanol–water partition coefficient (Wildman–Crippen LogP) is 2.19. The van der Waals surface area contributed by atoms with Crippen LogP contribution in [0.3, 0.4) is 0 Å². The Labute approximate surface area is 172 Å². The van der Waals surface area contributed by atoms with Crippen molar-refractivity contribution in [3.05, 3.63) is 53.7 Å². The number of benzene rings is 1. The quantitative estimate of drug-likeness (QED) is 0.521. The van der Waals surface area contributed by atoms with E-state index in [-0.39, 0.29) is 17.6 Å². The van der Waals surface area contributed by atoms with E-state index in [0.29, 0.717) is 36.7 Å². The maximum Gasteiger partial charge on any atom is 0.241 e. The minimum absolute atomic E-state index is 0.0641. The van der Waals surface area contributed by atoms with Gasteiger partial charge in [-0.05, 0) is 23.8 Å². The van der Waals surface area contributed by atoms with Gasteiger partial charge in [-0.25, -0.2) is 13.9 Å². The monoisotopic (exact) mass is 407 g/mol. The number of hydrogen-bond donors (Lipinski definition) is 0. The minimum Gasteiger partial charge on any atom is -0.344 e. The first-order chi connectivity index (χ1) is 14.4. The summed E-state index contributed by atoms with van der Waals surface area (Å²) in [6.45, 7) is 3.60. The number of halogens is 1. The highest BCUT2D eigenvalue weighted by Gasteiger charge is 2.24. The van der Waals surface area contributed by atoms with Gasteiger partial charge < -0.3 is 9.80 Å². The molecule has 1 fully saturated rings. The molecule has 154 valence electrons. The summed E-state index contributed by atoms with van der Waals surface area (Å²) >= 11 is 0. The van der Waals surface area contributed by atoms with Crippen LogP contribution < -0.4 is 4.90 Å². The smallest absolute Gasteiger partial charge is 0.241 e. The van der Waals surface area contributed by atoms with Gasteiger partial charge >= 0.3 is 0 Å². The Morgan fingerprint density at radius 1 is 1.13 bits per heavy atom. The second kappa shape index (κ2) is 6.79. The van der Waals surface area contributed by atoms with E-state index < -0.39 is 0 Å². The summed E-state index contributed by atoms with van der Waals surface area (Å²) in [5, 5.41) is 9.83. The lowest BCUT2D eigenvalue weighted by Crippen LogP contribution is -2.48. The lowest BCUT2D eigenvalue weighted by Gasteiger charge is -2.32. The Bertz CT molecular complexity index is 1280. The molecule has 1 amide bonds. The molecule has 0 radical (unpaired) electrons. The van der Waals surface area contributed by atoms with E-state index in [9.17, 15) is 9.18 Å². The molecule has 1 saturated heterocycles. The number of amides is 1. The molecule has 30 heavy (non-hydrogen) atoms. The van der Waals surface area contributed by atoms with Gasteiger partial charge in [-0.2, -0.15) is 5.10 Å². The van der Waals surface area contributed by atoms with Crippen molar-refractivity contribution in [2.75, 3.05) is 31.6 Å². The van der Waals surface area contributed by atoms with E-state index in [0.717, 1.165) is 16.6 Å². The molecule has 4 heterocycles. The molecule has 1 aliphatic rings. The molecule has 0 N–H and O–H groups in total. The van der Waals surface area contributed by atoms with Gasteiger partial charge in [-0.1, -0.05) is 6.92 Å². The van der Waals surface area contributed by atoms with Gasteiger partial charge in [-0.15, -0.1) is 5.10 Å². The zero-order chi connectivity index (χ0) is 21.0. The number of rotatable bonds is 3. The van der Waals surface area contributed by atoms with E-state index in [4.69, 9.17) is 5.10 Å². The van der Waals surface area contributed by atoms with Gasteiger partial charge in [0.05, 0.1) is 30.1 Å². The fraction of sp³-hybridized carbons (Fsp3) is 0.333.